The van der Waals surface area contributed by atoms with Crippen molar-refractivity contribution in [2.45, 2.75) is 4.90 Å². The second-order valence-electron chi connectivity index (χ2n) is 4.23. The summed E-state index contributed by atoms with van der Waals surface area (Å²) in [4.78, 5) is 12.5. The first-order chi connectivity index (χ1) is 9.95. The molecule has 21 heavy (non-hydrogen) atoms. The van der Waals surface area contributed by atoms with Crippen molar-refractivity contribution in [3.05, 3.63) is 52.0 Å². The van der Waals surface area contributed by atoms with Gasteiger partial charge in [0.15, 0.2) is 0 Å². The molecule has 1 atom stereocenters. The van der Waals surface area contributed by atoms with Crippen LogP contribution < -0.4 is 11.1 Å². The number of halogens is 2. The number of carbonyl (C=O) groups is 1. The minimum absolute atomic E-state index is 0.151. The number of amides is 1. The Morgan fingerprint density at radius 3 is 2.76 bits per heavy atom. The first-order valence-electron chi connectivity index (χ1n) is 5.94. The Balaban J connectivity index is 2.05. The summed E-state index contributed by atoms with van der Waals surface area (Å²) in [6, 6.07) is 11.8. The molecule has 1 unspecified atom stereocenters. The zero-order valence-corrected chi connectivity index (χ0v) is 14.0. The Bertz CT molecular complexity index is 709. The Morgan fingerprint density at radius 2 is 2.05 bits per heavy atom. The topological polar surface area (TPSA) is 72.2 Å². The fourth-order valence-electron chi connectivity index (χ4n) is 1.64. The van der Waals surface area contributed by atoms with Gasteiger partial charge in [0.25, 0.3) is 0 Å². The van der Waals surface area contributed by atoms with Crippen LogP contribution in [0.4, 0.5) is 11.4 Å². The normalized spacial score (nSPS) is 11.9. The zero-order chi connectivity index (χ0) is 15.4. The fraction of sp³-hybridized carbons (Fsp3) is 0.0714. The van der Waals surface area contributed by atoms with Crippen molar-refractivity contribution in [2.75, 3.05) is 16.8 Å². The first kappa shape index (κ1) is 16.0. The lowest BCUT2D eigenvalue weighted by Crippen LogP contribution is -2.19. The monoisotopic (exact) mass is 386 g/mol. The van der Waals surface area contributed by atoms with Gasteiger partial charge in [0.05, 0.1) is 21.5 Å². The average molecular weight is 388 g/mol. The summed E-state index contributed by atoms with van der Waals surface area (Å²) < 4.78 is 12.9. The maximum Gasteiger partial charge on any atom is 0.237 e. The number of hydrogen-bond donors (Lipinski definition) is 2. The number of carbonyl (C=O) groups excluding carboxylic acids is 1. The number of nitrogen functional groups attached to an aromatic ring is 1. The molecule has 0 aliphatic rings. The van der Waals surface area contributed by atoms with Crippen molar-refractivity contribution in [1.82, 2.24) is 0 Å². The van der Waals surface area contributed by atoms with Gasteiger partial charge in [-0.1, -0.05) is 33.6 Å². The fourth-order valence-corrected chi connectivity index (χ4v) is 3.32. The van der Waals surface area contributed by atoms with Crippen LogP contribution in [0.25, 0.3) is 0 Å². The number of nitrogens with two attached hydrogens (primary N) is 1. The maximum atomic E-state index is 12.1. The molecule has 110 valence electrons. The molecule has 3 N–H and O–H groups in total. The Labute approximate surface area is 138 Å². The number of rotatable bonds is 4. The molecular weight excluding hydrogens is 376 g/mol. The summed E-state index contributed by atoms with van der Waals surface area (Å²) in [6.07, 6.45) is 0. The van der Waals surface area contributed by atoms with E-state index in [-0.39, 0.29) is 11.7 Å². The molecule has 0 spiro atoms. The summed E-state index contributed by atoms with van der Waals surface area (Å²) in [5, 5.41) is 2.99. The molecule has 4 nitrogen and oxygen atoms in total. The van der Waals surface area contributed by atoms with E-state index in [1.807, 2.05) is 6.07 Å². The van der Waals surface area contributed by atoms with Gasteiger partial charge in [-0.3, -0.25) is 9.00 Å². The molecule has 0 radical (unpaired) electrons. The molecule has 0 aromatic heterocycles. The average Bonchev–Trinajstić information content (AvgIpc) is 2.42. The SMILES string of the molecule is Nc1ccc(Cl)c(NC(=O)CS(=O)c2cccc(Br)c2)c1. The van der Waals surface area contributed by atoms with E-state index in [0.717, 1.165) is 4.47 Å². The number of benzene rings is 2. The van der Waals surface area contributed by atoms with Crippen LogP contribution in [0.2, 0.25) is 5.02 Å². The number of hydrogen-bond acceptors (Lipinski definition) is 3. The van der Waals surface area contributed by atoms with Gasteiger partial charge in [0.2, 0.25) is 5.91 Å². The summed E-state index contributed by atoms with van der Waals surface area (Å²) in [6.45, 7) is 0. The van der Waals surface area contributed by atoms with E-state index in [4.69, 9.17) is 17.3 Å². The summed E-state index contributed by atoms with van der Waals surface area (Å²) in [5.74, 6) is -0.539. The Kier molecular flexibility index (Phi) is 5.39. The van der Waals surface area contributed by atoms with Gasteiger partial charge in [-0.25, -0.2) is 0 Å². The van der Waals surface area contributed by atoms with Gasteiger partial charge in [-0.2, -0.15) is 0 Å². The second kappa shape index (κ2) is 7.06. The van der Waals surface area contributed by atoms with Gasteiger partial charge in [0, 0.05) is 15.1 Å². The lowest BCUT2D eigenvalue weighted by atomic mass is 10.3. The lowest BCUT2D eigenvalue weighted by molar-refractivity contribution is -0.113. The van der Waals surface area contributed by atoms with E-state index in [1.54, 1.807) is 36.4 Å². The van der Waals surface area contributed by atoms with E-state index in [1.165, 1.54) is 0 Å². The smallest absolute Gasteiger partial charge is 0.237 e. The minimum atomic E-state index is -1.43. The van der Waals surface area contributed by atoms with Crippen LogP contribution in [0.1, 0.15) is 0 Å². The molecule has 0 fully saturated rings. The van der Waals surface area contributed by atoms with Crippen molar-refractivity contribution in [3.63, 3.8) is 0 Å². The molecule has 0 aliphatic carbocycles. The summed E-state index contributed by atoms with van der Waals surface area (Å²) in [5.41, 5.74) is 6.54. The molecule has 7 heteroatoms. The zero-order valence-electron chi connectivity index (χ0n) is 10.8. The predicted molar refractivity (Wildman–Crippen MR) is 89.9 cm³/mol. The van der Waals surface area contributed by atoms with Crippen molar-refractivity contribution < 1.29 is 9.00 Å². The van der Waals surface area contributed by atoms with E-state index >= 15 is 0 Å². The molecule has 2 rings (SSSR count). The summed E-state index contributed by atoms with van der Waals surface area (Å²) in [7, 11) is -1.43. The predicted octanol–water partition coefficient (Wildman–Crippen LogP) is 3.43. The van der Waals surface area contributed by atoms with E-state index in [2.05, 4.69) is 21.2 Å². The van der Waals surface area contributed by atoms with Crippen LogP contribution in [0.3, 0.4) is 0 Å². The van der Waals surface area contributed by atoms with Crippen LogP contribution in [0.15, 0.2) is 51.8 Å². The number of anilines is 2. The highest BCUT2D eigenvalue weighted by atomic mass is 79.9. The molecule has 1 amide bonds. The quantitative estimate of drug-likeness (QED) is 0.789. The molecule has 0 bridgehead atoms. The maximum absolute atomic E-state index is 12.1. The summed E-state index contributed by atoms with van der Waals surface area (Å²) >= 11 is 9.26. The van der Waals surface area contributed by atoms with Gasteiger partial charge in [-0.15, -0.1) is 0 Å². The van der Waals surface area contributed by atoms with Gasteiger partial charge >= 0.3 is 0 Å². The largest absolute Gasteiger partial charge is 0.399 e. The van der Waals surface area contributed by atoms with E-state index < -0.39 is 10.8 Å². The molecular formula is C14H12BrClN2O2S. The van der Waals surface area contributed by atoms with Crippen molar-refractivity contribution in [2.24, 2.45) is 0 Å². The standard InChI is InChI=1S/C14H12BrClN2O2S/c15-9-2-1-3-11(6-9)21(20)8-14(19)18-13-7-10(17)4-5-12(13)16/h1-7H,8,17H2,(H,18,19). The highest BCUT2D eigenvalue weighted by molar-refractivity contribution is 9.10. The molecule has 2 aromatic carbocycles. The van der Waals surface area contributed by atoms with Crippen LogP contribution >= 0.6 is 27.5 Å². The number of nitrogens with one attached hydrogen (secondary N) is 1. The Hall–Kier alpha value is -1.37. The van der Waals surface area contributed by atoms with E-state index in [9.17, 15) is 9.00 Å². The van der Waals surface area contributed by atoms with Crippen LogP contribution in [-0.2, 0) is 15.6 Å². The van der Waals surface area contributed by atoms with Crippen LogP contribution in [0.5, 0.6) is 0 Å². The van der Waals surface area contributed by atoms with Crippen LogP contribution in [-0.4, -0.2) is 15.9 Å². The second-order valence-corrected chi connectivity index (χ2v) is 7.01. The van der Waals surface area contributed by atoms with Gasteiger partial charge in [0.1, 0.15) is 5.75 Å². The minimum Gasteiger partial charge on any atom is -0.399 e. The molecule has 2 aromatic rings. The van der Waals surface area contributed by atoms with Gasteiger partial charge < -0.3 is 11.1 Å². The molecule has 0 saturated carbocycles. The van der Waals surface area contributed by atoms with Crippen LogP contribution in [0, 0.1) is 0 Å². The van der Waals surface area contributed by atoms with Gasteiger partial charge in [-0.05, 0) is 36.4 Å². The van der Waals surface area contributed by atoms with Crippen molar-refractivity contribution in [1.29, 1.82) is 0 Å². The van der Waals surface area contributed by atoms with E-state index in [0.29, 0.717) is 21.3 Å². The lowest BCUT2D eigenvalue weighted by Gasteiger charge is -2.08. The Morgan fingerprint density at radius 1 is 1.29 bits per heavy atom. The third kappa shape index (κ3) is 4.56. The highest BCUT2D eigenvalue weighted by Gasteiger charge is 2.12. The molecule has 0 aliphatic heterocycles. The van der Waals surface area contributed by atoms with Crippen molar-refractivity contribution >= 4 is 55.6 Å². The molecule has 0 heterocycles. The first-order valence-corrected chi connectivity index (χ1v) is 8.43. The third-order valence-corrected chi connectivity index (χ3v) is 4.71. The highest BCUT2D eigenvalue weighted by Crippen LogP contribution is 2.24. The third-order valence-electron chi connectivity index (χ3n) is 2.59. The van der Waals surface area contributed by atoms with Crippen molar-refractivity contribution in [3.8, 4) is 0 Å². The molecule has 0 saturated heterocycles.